The third-order valence-electron chi connectivity index (χ3n) is 2.94. The van der Waals surface area contributed by atoms with Crippen LogP contribution in [0.2, 0.25) is 0 Å². The van der Waals surface area contributed by atoms with Crippen LogP contribution in [0.5, 0.6) is 0 Å². The highest BCUT2D eigenvalue weighted by molar-refractivity contribution is 5.92. The van der Waals surface area contributed by atoms with E-state index in [-0.39, 0.29) is 24.4 Å². The minimum Gasteiger partial charge on any atom is -0.347 e. The van der Waals surface area contributed by atoms with Crippen molar-refractivity contribution in [1.29, 1.82) is 0 Å². The second-order valence-electron chi connectivity index (χ2n) is 4.16. The largest absolute Gasteiger partial charge is 0.347 e. The second-order valence-corrected chi connectivity index (χ2v) is 4.16. The quantitative estimate of drug-likeness (QED) is 0.826. The van der Waals surface area contributed by atoms with Crippen molar-refractivity contribution in [2.45, 2.75) is 18.9 Å². The third kappa shape index (κ3) is 2.77. The minimum atomic E-state index is -0.0233. The number of hydrogen-bond donors (Lipinski definition) is 2. The van der Waals surface area contributed by atoms with E-state index in [0.29, 0.717) is 18.2 Å². The standard InChI is InChI=1S/C11H17N3O.ClH/c1-14-6-2-3-10(14)11(15)13-9(7-12)8-4-5-8;/h2-3,6,8-9H,4-5,7,12H2,1H3,(H,13,15);1H. The fourth-order valence-corrected chi connectivity index (χ4v) is 1.81. The number of nitrogens with two attached hydrogens (primary N) is 1. The minimum absolute atomic E-state index is 0. The lowest BCUT2D eigenvalue weighted by atomic mass is 10.2. The van der Waals surface area contributed by atoms with E-state index in [4.69, 9.17) is 5.73 Å². The molecule has 0 bridgehead atoms. The number of aromatic nitrogens is 1. The molecule has 0 spiro atoms. The van der Waals surface area contributed by atoms with Crippen molar-refractivity contribution in [3.63, 3.8) is 0 Å². The number of carbonyl (C=O) groups excluding carboxylic acids is 1. The fraction of sp³-hybridized carbons (Fsp3) is 0.545. The number of carbonyl (C=O) groups is 1. The van der Waals surface area contributed by atoms with E-state index in [0.717, 1.165) is 0 Å². The van der Waals surface area contributed by atoms with Crippen LogP contribution in [0.25, 0.3) is 0 Å². The van der Waals surface area contributed by atoms with Crippen molar-refractivity contribution < 1.29 is 4.79 Å². The number of hydrogen-bond acceptors (Lipinski definition) is 2. The summed E-state index contributed by atoms with van der Waals surface area (Å²) in [4.78, 5) is 11.8. The molecular formula is C11H18ClN3O. The van der Waals surface area contributed by atoms with Gasteiger partial charge in [0.2, 0.25) is 0 Å². The smallest absolute Gasteiger partial charge is 0.268 e. The van der Waals surface area contributed by atoms with Gasteiger partial charge in [-0.3, -0.25) is 4.79 Å². The molecule has 1 atom stereocenters. The van der Waals surface area contributed by atoms with Crippen molar-refractivity contribution >= 4 is 18.3 Å². The number of amides is 1. The molecule has 16 heavy (non-hydrogen) atoms. The van der Waals surface area contributed by atoms with Crippen LogP contribution in [0.3, 0.4) is 0 Å². The van der Waals surface area contributed by atoms with Crippen molar-refractivity contribution in [2.75, 3.05) is 6.54 Å². The van der Waals surface area contributed by atoms with Gasteiger partial charge in [0.05, 0.1) is 0 Å². The van der Waals surface area contributed by atoms with E-state index in [1.807, 2.05) is 29.9 Å². The highest BCUT2D eigenvalue weighted by atomic mass is 35.5. The van der Waals surface area contributed by atoms with Crippen LogP contribution in [0.15, 0.2) is 18.3 Å². The summed E-state index contributed by atoms with van der Waals surface area (Å²) in [6.45, 7) is 0.529. The Labute approximate surface area is 102 Å². The molecule has 1 aliphatic rings. The maximum Gasteiger partial charge on any atom is 0.268 e. The molecule has 2 rings (SSSR count). The summed E-state index contributed by atoms with van der Waals surface area (Å²) < 4.78 is 1.82. The number of nitrogens with one attached hydrogen (secondary N) is 1. The second kappa shape index (κ2) is 5.37. The lowest BCUT2D eigenvalue weighted by molar-refractivity contribution is 0.0925. The zero-order chi connectivity index (χ0) is 10.8. The lowest BCUT2D eigenvalue weighted by Gasteiger charge is -2.16. The Morgan fingerprint density at radius 3 is 2.81 bits per heavy atom. The molecule has 1 fully saturated rings. The maximum absolute atomic E-state index is 11.8. The first-order valence-corrected chi connectivity index (χ1v) is 5.34. The summed E-state index contributed by atoms with van der Waals surface area (Å²) in [6, 6.07) is 3.83. The average Bonchev–Trinajstić information content (AvgIpc) is 2.97. The van der Waals surface area contributed by atoms with Gasteiger partial charge in [0.25, 0.3) is 5.91 Å². The molecule has 1 aliphatic carbocycles. The molecule has 1 aromatic rings. The third-order valence-corrected chi connectivity index (χ3v) is 2.94. The maximum atomic E-state index is 11.8. The number of rotatable bonds is 4. The van der Waals surface area contributed by atoms with Gasteiger partial charge in [0.15, 0.2) is 0 Å². The molecule has 1 unspecified atom stereocenters. The Hall–Kier alpha value is -1.00. The van der Waals surface area contributed by atoms with E-state index in [1.165, 1.54) is 12.8 Å². The molecule has 0 aromatic carbocycles. The first-order chi connectivity index (χ1) is 7.22. The number of nitrogens with zero attached hydrogens (tertiary/aromatic N) is 1. The van der Waals surface area contributed by atoms with E-state index < -0.39 is 0 Å². The summed E-state index contributed by atoms with van der Waals surface area (Å²) in [5, 5.41) is 2.99. The van der Waals surface area contributed by atoms with Crippen molar-refractivity contribution in [1.82, 2.24) is 9.88 Å². The van der Waals surface area contributed by atoms with Gasteiger partial charge in [-0.1, -0.05) is 0 Å². The topological polar surface area (TPSA) is 60.0 Å². The van der Waals surface area contributed by atoms with Crippen LogP contribution >= 0.6 is 12.4 Å². The van der Waals surface area contributed by atoms with E-state index in [9.17, 15) is 4.79 Å². The van der Waals surface area contributed by atoms with Crippen LogP contribution in [-0.4, -0.2) is 23.1 Å². The molecule has 0 saturated heterocycles. The molecule has 4 nitrogen and oxygen atoms in total. The first kappa shape index (κ1) is 13.1. The molecule has 1 heterocycles. The fourth-order valence-electron chi connectivity index (χ4n) is 1.81. The van der Waals surface area contributed by atoms with Gasteiger partial charge >= 0.3 is 0 Å². The molecule has 3 N–H and O–H groups in total. The Balaban J connectivity index is 0.00000128. The van der Waals surface area contributed by atoms with Gasteiger partial charge in [-0.15, -0.1) is 12.4 Å². The zero-order valence-corrected chi connectivity index (χ0v) is 10.2. The SMILES string of the molecule is Cl.Cn1cccc1C(=O)NC(CN)C1CC1. The molecule has 5 heteroatoms. The normalized spacial score (nSPS) is 16.4. The lowest BCUT2D eigenvalue weighted by Crippen LogP contribution is -2.42. The Kier molecular flexibility index (Phi) is 4.38. The van der Waals surface area contributed by atoms with E-state index in [2.05, 4.69) is 5.32 Å². The van der Waals surface area contributed by atoms with Gasteiger partial charge in [-0.2, -0.15) is 0 Å². The van der Waals surface area contributed by atoms with Gasteiger partial charge in [-0.25, -0.2) is 0 Å². The van der Waals surface area contributed by atoms with Crippen LogP contribution in [0.4, 0.5) is 0 Å². The highest BCUT2D eigenvalue weighted by Gasteiger charge is 2.31. The molecular weight excluding hydrogens is 226 g/mol. The van der Waals surface area contributed by atoms with Crippen molar-refractivity contribution in [3.05, 3.63) is 24.0 Å². The summed E-state index contributed by atoms with van der Waals surface area (Å²) >= 11 is 0. The first-order valence-electron chi connectivity index (χ1n) is 5.34. The zero-order valence-electron chi connectivity index (χ0n) is 9.35. The summed E-state index contributed by atoms with van der Waals surface area (Å²) in [5.74, 6) is 0.573. The molecule has 1 saturated carbocycles. The number of halogens is 1. The molecule has 90 valence electrons. The monoisotopic (exact) mass is 243 g/mol. The predicted octanol–water partition coefficient (Wildman–Crippen LogP) is 0.914. The molecule has 0 aliphatic heterocycles. The van der Waals surface area contributed by atoms with Crippen LogP contribution in [0.1, 0.15) is 23.3 Å². The van der Waals surface area contributed by atoms with Crippen LogP contribution < -0.4 is 11.1 Å². The summed E-state index contributed by atoms with van der Waals surface area (Å²) in [7, 11) is 1.86. The van der Waals surface area contributed by atoms with Crippen LogP contribution in [-0.2, 0) is 7.05 Å². The van der Waals surface area contributed by atoms with Gasteiger partial charge in [0, 0.05) is 25.8 Å². The van der Waals surface area contributed by atoms with Gasteiger partial charge < -0.3 is 15.6 Å². The van der Waals surface area contributed by atoms with E-state index in [1.54, 1.807) is 0 Å². The van der Waals surface area contributed by atoms with Gasteiger partial charge in [-0.05, 0) is 30.9 Å². The molecule has 0 radical (unpaired) electrons. The van der Waals surface area contributed by atoms with E-state index >= 15 is 0 Å². The Morgan fingerprint density at radius 1 is 1.69 bits per heavy atom. The van der Waals surface area contributed by atoms with Crippen LogP contribution in [0, 0.1) is 5.92 Å². The predicted molar refractivity (Wildman–Crippen MR) is 65.7 cm³/mol. The molecule has 1 aromatic heterocycles. The average molecular weight is 244 g/mol. The Bertz CT molecular complexity index is 360. The summed E-state index contributed by atoms with van der Waals surface area (Å²) in [6.07, 6.45) is 4.24. The highest BCUT2D eigenvalue weighted by Crippen LogP contribution is 2.32. The number of aryl methyl sites for hydroxylation is 1. The summed E-state index contributed by atoms with van der Waals surface area (Å²) in [5.41, 5.74) is 6.32. The van der Waals surface area contributed by atoms with Gasteiger partial charge in [0.1, 0.15) is 5.69 Å². The van der Waals surface area contributed by atoms with Crippen molar-refractivity contribution in [3.8, 4) is 0 Å². The molecule has 1 amide bonds. The van der Waals surface area contributed by atoms with Crippen molar-refractivity contribution in [2.24, 2.45) is 18.7 Å². The Morgan fingerprint density at radius 2 is 2.38 bits per heavy atom.